The maximum absolute atomic E-state index is 13.7. The molecule has 0 unspecified atom stereocenters. The van der Waals surface area contributed by atoms with Crippen LogP contribution in [0.3, 0.4) is 0 Å². The van der Waals surface area contributed by atoms with Gasteiger partial charge in [0.2, 0.25) is 0 Å². The van der Waals surface area contributed by atoms with Gasteiger partial charge in [0.25, 0.3) is 11.6 Å². The van der Waals surface area contributed by atoms with Crippen molar-refractivity contribution in [3.63, 3.8) is 0 Å². The molecule has 1 fully saturated rings. The molecule has 0 saturated carbocycles. The van der Waals surface area contributed by atoms with E-state index in [1.54, 1.807) is 17.9 Å². The van der Waals surface area contributed by atoms with Gasteiger partial charge in [-0.05, 0) is 38.1 Å². The molecule has 0 spiro atoms. The summed E-state index contributed by atoms with van der Waals surface area (Å²) in [7, 11) is 3.28. The molecule has 0 aliphatic carbocycles. The lowest BCUT2D eigenvalue weighted by molar-refractivity contribution is -0.384. The third-order valence-corrected chi connectivity index (χ3v) is 7.70. The summed E-state index contributed by atoms with van der Waals surface area (Å²) in [6.45, 7) is 4.46. The van der Waals surface area contributed by atoms with Crippen molar-refractivity contribution in [3.05, 3.63) is 63.0 Å². The Bertz CT molecular complexity index is 1750. The molecule has 0 bridgehead atoms. The van der Waals surface area contributed by atoms with Crippen LogP contribution in [0.2, 0.25) is 0 Å². The summed E-state index contributed by atoms with van der Waals surface area (Å²) < 4.78 is 16.7. The van der Waals surface area contributed by atoms with Crippen LogP contribution in [0.25, 0.3) is 21.9 Å². The molecule has 2 amide bonds. The number of non-ortho nitro benzene ring substituents is 1. The Hall–Kier alpha value is -4.91. The molecule has 13 nitrogen and oxygen atoms in total. The normalized spacial score (nSPS) is 15.4. The fourth-order valence-corrected chi connectivity index (χ4v) is 5.54. The molecular weight excluding hydrogens is 534 g/mol. The quantitative estimate of drug-likeness (QED) is 0.222. The standard InChI is InChI=1S/C28H27N5O8/c1-15-23(27(35)39-3)24-18-6-7-32(26(34)22-13-16-12-17(33(37)38)4-5-20(16)40-22)19(18)14-21(25(24)29-15)41-28(36)31-10-8-30(2)9-11-31/h4-5,12-14,29H,6-11H2,1-3H3. The van der Waals surface area contributed by atoms with E-state index in [2.05, 4.69) is 9.88 Å². The molecule has 2 aromatic carbocycles. The van der Waals surface area contributed by atoms with Crippen molar-refractivity contribution in [1.29, 1.82) is 0 Å². The van der Waals surface area contributed by atoms with Gasteiger partial charge in [-0.1, -0.05) is 0 Å². The molecule has 1 saturated heterocycles. The van der Waals surface area contributed by atoms with E-state index in [0.29, 0.717) is 71.4 Å². The van der Waals surface area contributed by atoms with Crippen molar-refractivity contribution in [2.45, 2.75) is 13.3 Å². The molecule has 0 atom stereocenters. The average Bonchev–Trinajstić information content (AvgIpc) is 3.66. The summed E-state index contributed by atoms with van der Waals surface area (Å²) in [5.41, 5.74) is 2.74. The van der Waals surface area contributed by atoms with Gasteiger partial charge in [-0.15, -0.1) is 0 Å². The van der Waals surface area contributed by atoms with Crippen LogP contribution in [0.4, 0.5) is 16.2 Å². The molecule has 41 heavy (non-hydrogen) atoms. The number of fused-ring (bicyclic) bond motifs is 4. The number of aromatic nitrogens is 1. The van der Waals surface area contributed by atoms with Crippen molar-refractivity contribution in [3.8, 4) is 5.75 Å². The second-order valence-corrected chi connectivity index (χ2v) is 10.2. The molecule has 212 valence electrons. The molecule has 1 N–H and O–H groups in total. The minimum absolute atomic E-state index is 0.00265. The van der Waals surface area contributed by atoms with E-state index in [9.17, 15) is 24.5 Å². The molecule has 6 rings (SSSR count). The summed E-state index contributed by atoms with van der Waals surface area (Å²) >= 11 is 0. The number of furan rings is 1. The first-order valence-electron chi connectivity index (χ1n) is 13.1. The number of nitrogens with one attached hydrogen (secondary N) is 1. The lowest BCUT2D eigenvalue weighted by atomic mass is 10.0. The van der Waals surface area contributed by atoms with Crippen LogP contribution in [0, 0.1) is 17.0 Å². The van der Waals surface area contributed by atoms with Crippen LogP contribution >= 0.6 is 0 Å². The van der Waals surface area contributed by atoms with Gasteiger partial charge in [-0.2, -0.15) is 0 Å². The van der Waals surface area contributed by atoms with Crippen molar-refractivity contribution >= 4 is 51.2 Å². The highest BCUT2D eigenvalue weighted by atomic mass is 16.6. The van der Waals surface area contributed by atoms with Crippen LogP contribution in [0.15, 0.2) is 34.7 Å². The summed E-state index contributed by atoms with van der Waals surface area (Å²) in [4.78, 5) is 58.8. The zero-order chi connectivity index (χ0) is 29.0. The zero-order valence-corrected chi connectivity index (χ0v) is 22.7. The van der Waals surface area contributed by atoms with Crippen LogP contribution < -0.4 is 9.64 Å². The third kappa shape index (κ3) is 4.43. The number of likely N-dealkylation sites (N-methyl/N-ethyl adjacent to an activating group) is 1. The first-order valence-corrected chi connectivity index (χ1v) is 13.1. The zero-order valence-electron chi connectivity index (χ0n) is 22.7. The monoisotopic (exact) mass is 561 g/mol. The van der Waals surface area contributed by atoms with Gasteiger partial charge in [-0.3, -0.25) is 14.9 Å². The number of ether oxygens (including phenoxy) is 2. The van der Waals surface area contributed by atoms with Gasteiger partial charge >= 0.3 is 12.1 Å². The highest BCUT2D eigenvalue weighted by Crippen LogP contribution is 2.43. The van der Waals surface area contributed by atoms with Gasteiger partial charge in [0.15, 0.2) is 11.5 Å². The Morgan fingerprint density at radius 1 is 1.07 bits per heavy atom. The molecule has 2 aliphatic heterocycles. The molecule has 0 radical (unpaired) electrons. The molecular formula is C28H27N5O8. The van der Waals surface area contributed by atoms with E-state index in [1.165, 1.54) is 36.3 Å². The topological polar surface area (TPSA) is 151 Å². The van der Waals surface area contributed by atoms with Gasteiger partial charge in [0, 0.05) is 67.4 Å². The minimum atomic E-state index is -0.554. The van der Waals surface area contributed by atoms with Crippen LogP contribution in [-0.4, -0.2) is 84.6 Å². The molecule has 4 heterocycles. The molecule has 4 aromatic rings. The number of amides is 2. The van der Waals surface area contributed by atoms with E-state index < -0.39 is 22.9 Å². The Kier molecular flexibility index (Phi) is 6.37. The number of aromatic amines is 1. The maximum atomic E-state index is 13.7. The SMILES string of the molecule is COC(=O)c1c(C)[nH]c2c(OC(=O)N3CCN(C)CC3)cc3c(c12)CCN3C(=O)c1cc2cc([N+](=O)[O-])ccc2o1. The van der Waals surface area contributed by atoms with Crippen LogP contribution in [0.1, 0.15) is 32.2 Å². The smallest absolute Gasteiger partial charge is 0.415 e. The van der Waals surface area contributed by atoms with E-state index in [0.717, 1.165) is 5.56 Å². The van der Waals surface area contributed by atoms with E-state index in [1.807, 2.05) is 7.05 Å². The number of hydrogen-bond acceptors (Lipinski definition) is 9. The largest absolute Gasteiger partial charge is 0.465 e. The first kappa shape index (κ1) is 26.3. The van der Waals surface area contributed by atoms with Gasteiger partial charge in [0.1, 0.15) is 5.58 Å². The summed E-state index contributed by atoms with van der Waals surface area (Å²) in [6.07, 6.45) is -0.0991. The van der Waals surface area contributed by atoms with E-state index >= 15 is 0 Å². The van der Waals surface area contributed by atoms with Gasteiger partial charge in [-0.25, -0.2) is 9.59 Å². The average molecular weight is 562 g/mol. The number of benzene rings is 2. The predicted molar refractivity (Wildman–Crippen MR) is 148 cm³/mol. The van der Waals surface area contributed by atoms with Crippen molar-refractivity contribution in [2.24, 2.45) is 0 Å². The van der Waals surface area contributed by atoms with E-state index in [-0.39, 0.29) is 23.7 Å². The van der Waals surface area contributed by atoms with Gasteiger partial charge < -0.3 is 33.6 Å². The lowest BCUT2D eigenvalue weighted by Crippen LogP contribution is -2.48. The fraction of sp³-hybridized carbons (Fsp3) is 0.321. The second-order valence-electron chi connectivity index (χ2n) is 10.2. The van der Waals surface area contributed by atoms with Crippen molar-refractivity contribution in [2.75, 3.05) is 51.8 Å². The van der Waals surface area contributed by atoms with E-state index in [4.69, 9.17) is 13.9 Å². The highest BCUT2D eigenvalue weighted by Gasteiger charge is 2.34. The molecule has 2 aromatic heterocycles. The summed E-state index contributed by atoms with van der Waals surface area (Å²) in [5.74, 6) is -0.837. The minimum Gasteiger partial charge on any atom is -0.465 e. The Morgan fingerprint density at radius 2 is 1.83 bits per heavy atom. The molecule has 2 aliphatic rings. The summed E-state index contributed by atoms with van der Waals surface area (Å²) in [6, 6.07) is 7.20. The number of nitro groups is 1. The van der Waals surface area contributed by atoms with Crippen molar-refractivity contribution in [1.82, 2.24) is 14.8 Å². The highest BCUT2D eigenvalue weighted by molar-refractivity contribution is 6.14. The van der Waals surface area contributed by atoms with Crippen LogP contribution in [-0.2, 0) is 11.2 Å². The fourth-order valence-electron chi connectivity index (χ4n) is 5.54. The predicted octanol–water partition coefficient (Wildman–Crippen LogP) is 3.87. The number of H-pyrrole nitrogens is 1. The van der Waals surface area contributed by atoms with Gasteiger partial charge in [0.05, 0.1) is 28.8 Å². The Morgan fingerprint density at radius 3 is 2.54 bits per heavy atom. The Labute approximate surface area is 233 Å². The number of nitro benzene ring substituents is 1. The number of anilines is 1. The van der Waals surface area contributed by atoms with Crippen LogP contribution in [0.5, 0.6) is 5.75 Å². The maximum Gasteiger partial charge on any atom is 0.415 e. The third-order valence-electron chi connectivity index (χ3n) is 7.70. The number of nitrogens with zero attached hydrogens (tertiary/aromatic N) is 4. The number of aryl methyl sites for hydroxylation is 1. The second kappa shape index (κ2) is 9.93. The number of carbonyl (C=O) groups is 3. The van der Waals surface area contributed by atoms with Crippen molar-refractivity contribution < 1.29 is 33.2 Å². The Balaban J connectivity index is 1.42. The summed E-state index contributed by atoms with van der Waals surface area (Å²) in [5, 5.41) is 12.1. The number of methoxy groups -OCH3 is 1. The number of esters is 1. The molecule has 13 heteroatoms. The number of hydrogen-bond donors (Lipinski definition) is 1. The number of rotatable bonds is 4. The number of piperazine rings is 1. The lowest BCUT2D eigenvalue weighted by Gasteiger charge is -2.31. The number of carbonyl (C=O) groups excluding carboxylic acids is 3. The first-order chi connectivity index (χ1) is 19.7.